The predicted molar refractivity (Wildman–Crippen MR) is 61.4 cm³/mol. The molecule has 4 heteroatoms. The number of carboxylic acids is 1. The van der Waals surface area contributed by atoms with Gasteiger partial charge in [0, 0.05) is 7.05 Å². The Hall–Kier alpha value is -1.84. The van der Waals surface area contributed by atoms with E-state index in [0.717, 1.165) is 11.0 Å². The standard InChI is InChI=1S/C12H14N2O2/c1-12(2,11(15)16)10-13-8-6-4-5-7-9(8)14(10)3/h4-7H,1-3H3,(H,15,16). The van der Waals surface area contributed by atoms with Crippen LogP contribution in [0.5, 0.6) is 0 Å². The zero-order valence-electron chi connectivity index (χ0n) is 9.56. The van der Waals surface area contributed by atoms with Crippen LogP contribution < -0.4 is 0 Å². The first kappa shape index (κ1) is 10.7. The van der Waals surface area contributed by atoms with E-state index in [2.05, 4.69) is 4.98 Å². The van der Waals surface area contributed by atoms with Crippen LogP contribution in [0.2, 0.25) is 0 Å². The summed E-state index contributed by atoms with van der Waals surface area (Å²) in [7, 11) is 1.84. The van der Waals surface area contributed by atoms with Crippen molar-refractivity contribution in [3.05, 3.63) is 30.1 Å². The second-order valence-electron chi connectivity index (χ2n) is 4.41. The average Bonchev–Trinajstić information content (AvgIpc) is 2.57. The lowest BCUT2D eigenvalue weighted by Crippen LogP contribution is -2.31. The molecule has 84 valence electrons. The summed E-state index contributed by atoms with van der Waals surface area (Å²) in [6.45, 7) is 3.33. The summed E-state index contributed by atoms with van der Waals surface area (Å²) in [5.41, 5.74) is 0.800. The number of nitrogens with zero attached hydrogens (tertiary/aromatic N) is 2. The summed E-state index contributed by atoms with van der Waals surface area (Å²) in [5, 5.41) is 9.19. The topological polar surface area (TPSA) is 55.1 Å². The maximum Gasteiger partial charge on any atom is 0.316 e. The fourth-order valence-corrected chi connectivity index (χ4v) is 1.80. The van der Waals surface area contributed by atoms with Gasteiger partial charge in [0.2, 0.25) is 0 Å². The summed E-state index contributed by atoms with van der Waals surface area (Å²) in [5.74, 6) is -0.299. The van der Waals surface area contributed by atoms with Crippen molar-refractivity contribution in [2.75, 3.05) is 0 Å². The molecule has 0 bridgehead atoms. The van der Waals surface area contributed by atoms with Crippen LogP contribution in [-0.2, 0) is 17.3 Å². The second-order valence-corrected chi connectivity index (χ2v) is 4.41. The van der Waals surface area contributed by atoms with Crippen LogP contribution in [0.15, 0.2) is 24.3 Å². The van der Waals surface area contributed by atoms with Crippen molar-refractivity contribution in [3.63, 3.8) is 0 Å². The third-order valence-corrected chi connectivity index (χ3v) is 2.88. The van der Waals surface area contributed by atoms with Gasteiger partial charge in [-0.15, -0.1) is 0 Å². The minimum Gasteiger partial charge on any atom is -0.481 e. The van der Waals surface area contributed by atoms with E-state index in [0.29, 0.717) is 5.82 Å². The Balaban J connectivity index is 2.71. The van der Waals surface area contributed by atoms with E-state index < -0.39 is 11.4 Å². The molecule has 0 aliphatic carbocycles. The third-order valence-electron chi connectivity index (χ3n) is 2.88. The lowest BCUT2D eigenvalue weighted by molar-refractivity contribution is -0.142. The number of hydrogen-bond donors (Lipinski definition) is 1. The van der Waals surface area contributed by atoms with Crippen LogP contribution in [0.3, 0.4) is 0 Å². The number of carboxylic acid groups (broad SMARTS) is 1. The first-order chi connectivity index (χ1) is 7.44. The Kier molecular flexibility index (Phi) is 2.22. The van der Waals surface area contributed by atoms with E-state index >= 15 is 0 Å². The van der Waals surface area contributed by atoms with E-state index in [9.17, 15) is 9.90 Å². The molecular formula is C12H14N2O2. The monoisotopic (exact) mass is 218 g/mol. The van der Waals surface area contributed by atoms with Gasteiger partial charge in [0.1, 0.15) is 11.2 Å². The quantitative estimate of drug-likeness (QED) is 0.838. The number of benzene rings is 1. The summed E-state index contributed by atoms with van der Waals surface area (Å²) < 4.78 is 1.84. The zero-order valence-corrected chi connectivity index (χ0v) is 9.56. The molecule has 0 aliphatic heterocycles. The van der Waals surface area contributed by atoms with Crippen molar-refractivity contribution in [1.82, 2.24) is 9.55 Å². The van der Waals surface area contributed by atoms with E-state index in [1.165, 1.54) is 0 Å². The zero-order chi connectivity index (χ0) is 11.9. The number of carbonyl (C=O) groups is 1. The first-order valence-corrected chi connectivity index (χ1v) is 5.10. The molecule has 1 N–H and O–H groups in total. The minimum atomic E-state index is -0.978. The molecule has 2 aromatic rings. The number of rotatable bonds is 2. The summed E-state index contributed by atoms with van der Waals surface area (Å²) in [6, 6.07) is 7.63. The molecule has 0 unspecified atom stereocenters. The Morgan fingerprint density at radius 1 is 1.38 bits per heavy atom. The molecule has 1 heterocycles. The minimum absolute atomic E-state index is 0.571. The molecule has 16 heavy (non-hydrogen) atoms. The number of aryl methyl sites for hydroxylation is 1. The van der Waals surface area contributed by atoms with Crippen LogP contribution >= 0.6 is 0 Å². The molecule has 0 saturated carbocycles. The van der Waals surface area contributed by atoms with Crippen molar-refractivity contribution < 1.29 is 9.90 Å². The molecule has 4 nitrogen and oxygen atoms in total. The molecule has 2 rings (SSSR count). The Morgan fingerprint density at radius 2 is 2.00 bits per heavy atom. The fourth-order valence-electron chi connectivity index (χ4n) is 1.80. The molecular weight excluding hydrogens is 204 g/mol. The summed E-state index contributed by atoms with van der Waals surface area (Å²) >= 11 is 0. The van der Waals surface area contributed by atoms with Crippen molar-refractivity contribution in [3.8, 4) is 0 Å². The van der Waals surface area contributed by atoms with E-state index in [4.69, 9.17) is 0 Å². The number of fused-ring (bicyclic) bond motifs is 1. The van der Waals surface area contributed by atoms with Crippen LogP contribution in [0.1, 0.15) is 19.7 Å². The van der Waals surface area contributed by atoms with Gasteiger partial charge in [-0.3, -0.25) is 4.79 Å². The van der Waals surface area contributed by atoms with Gasteiger partial charge in [0.05, 0.1) is 11.0 Å². The van der Waals surface area contributed by atoms with E-state index in [-0.39, 0.29) is 0 Å². The molecule has 0 amide bonds. The second kappa shape index (κ2) is 3.33. The van der Waals surface area contributed by atoms with Crippen LogP contribution in [0.25, 0.3) is 11.0 Å². The Labute approximate surface area is 93.5 Å². The average molecular weight is 218 g/mol. The van der Waals surface area contributed by atoms with Crippen molar-refractivity contribution in [1.29, 1.82) is 0 Å². The van der Waals surface area contributed by atoms with Gasteiger partial charge in [-0.25, -0.2) is 4.98 Å². The predicted octanol–water partition coefficient (Wildman–Crippen LogP) is 1.94. The molecule has 0 fully saturated rings. The summed E-state index contributed by atoms with van der Waals surface area (Å²) in [6.07, 6.45) is 0. The number of para-hydroxylation sites is 2. The highest BCUT2D eigenvalue weighted by Gasteiger charge is 2.34. The van der Waals surface area contributed by atoms with Crippen molar-refractivity contribution in [2.24, 2.45) is 7.05 Å². The van der Waals surface area contributed by atoms with Crippen LogP contribution in [0.4, 0.5) is 0 Å². The maximum atomic E-state index is 11.2. The molecule has 0 radical (unpaired) electrons. The number of hydrogen-bond acceptors (Lipinski definition) is 2. The highest BCUT2D eigenvalue weighted by molar-refractivity contribution is 5.82. The molecule has 1 aromatic carbocycles. The first-order valence-electron chi connectivity index (χ1n) is 5.10. The lowest BCUT2D eigenvalue weighted by atomic mass is 9.93. The van der Waals surface area contributed by atoms with Crippen molar-refractivity contribution in [2.45, 2.75) is 19.3 Å². The molecule has 0 atom stereocenters. The number of aromatic nitrogens is 2. The number of imidazole rings is 1. The van der Waals surface area contributed by atoms with E-state index in [1.54, 1.807) is 13.8 Å². The molecule has 1 aromatic heterocycles. The van der Waals surface area contributed by atoms with Gasteiger partial charge in [-0.05, 0) is 26.0 Å². The van der Waals surface area contributed by atoms with Gasteiger partial charge >= 0.3 is 5.97 Å². The highest BCUT2D eigenvalue weighted by Crippen LogP contribution is 2.25. The molecule has 0 aliphatic rings. The highest BCUT2D eigenvalue weighted by atomic mass is 16.4. The van der Waals surface area contributed by atoms with Gasteiger partial charge in [-0.2, -0.15) is 0 Å². The maximum absolute atomic E-state index is 11.2. The van der Waals surface area contributed by atoms with Gasteiger partial charge in [-0.1, -0.05) is 12.1 Å². The third kappa shape index (κ3) is 1.38. The largest absolute Gasteiger partial charge is 0.481 e. The Bertz CT molecular complexity index is 555. The van der Waals surface area contributed by atoms with Crippen LogP contribution in [-0.4, -0.2) is 20.6 Å². The van der Waals surface area contributed by atoms with Crippen molar-refractivity contribution >= 4 is 17.0 Å². The van der Waals surface area contributed by atoms with Gasteiger partial charge < -0.3 is 9.67 Å². The van der Waals surface area contributed by atoms with Gasteiger partial charge in [0.15, 0.2) is 0 Å². The van der Waals surface area contributed by atoms with E-state index in [1.807, 2.05) is 35.9 Å². The molecule has 0 spiro atoms. The van der Waals surface area contributed by atoms with Crippen LogP contribution in [0, 0.1) is 0 Å². The normalized spacial score (nSPS) is 11.9. The summed E-state index contributed by atoms with van der Waals surface area (Å²) in [4.78, 5) is 15.6. The molecule has 0 saturated heterocycles. The number of aliphatic carboxylic acids is 1. The smallest absolute Gasteiger partial charge is 0.316 e. The SMILES string of the molecule is Cn1c(C(C)(C)C(=O)O)nc2ccccc21. The van der Waals surface area contributed by atoms with Gasteiger partial charge in [0.25, 0.3) is 0 Å². The fraction of sp³-hybridized carbons (Fsp3) is 0.333. The Morgan fingerprint density at radius 3 is 2.56 bits per heavy atom. The lowest BCUT2D eigenvalue weighted by Gasteiger charge is -2.18.